The lowest BCUT2D eigenvalue weighted by Gasteiger charge is -2.03. The number of aromatic nitrogens is 2. The summed E-state index contributed by atoms with van der Waals surface area (Å²) < 4.78 is 0. The lowest BCUT2D eigenvalue weighted by Crippen LogP contribution is -2.13. The van der Waals surface area contributed by atoms with Gasteiger partial charge < -0.3 is 10.7 Å². The van der Waals surface area contributed by atoms with Crippen LogP contribution in [-0.4, -0.2) is 21.7 Å². The fourth-order valence-electron chi connectivity index (χ4n) is 2.25. The van der Waals surface area contributed by atoms with Gasteiger partial charge in [-0.15, -0.1) is 17.9 Å². The van der Waals surface area contributed by atoms with Crippen molar-refractivity contribution in [3.63, 3.8) is 0 Å². The molecule has 5 nitrogen and oxygen atoms in total. The van der Waals surface area contributed by atoms with Crippen LogP contribution in [0.4, 0.5) is 0 Å². The molecule has 3 aromatic rings. The molecule has 0 radical (unpaired) electrons. The molecular formula is C17H15ClN4OS2. The number of nitrogens with zero attached hydrogens (tertiary/aromatic N) is 2. The first kappa shape index (κ1) is 17.7. The Balaban J connectivity index is 1.90. The molecule has 3 rings (SSSR count). The van der Waals surface area contributed by atoms with Gasteiger partial charge in [0.15, 0.2) is 5.17 Å². The van der Waals surface area contributed by atoms with Crippen LogP contribution >= 0.6 is 34.7 Å². The largest absolute Gasteiger partial charge is 0.379 e. The van der Waals surface area contributed by atoms with Gasteiger partial charge in [0.05, 0.1) is 17.7 Å². The fourth-order valence-corrected chi connectivity index (χ4v) is 3.93. The van der Waals surface area contributed by atoms with Crippen LogP contribution in [0.25, 0.3) is 21.3 Å². The van der Waals surface area contributed by atoms with Gasteiger partial charge in [0.1, 0.15) is 10.7 Å². The number of nitrogens with two attached hydrogens (primary N) is 1. The average Bonchev–Trinajstić information content (AvgIpc) is 3.03. The number of aliphatic imine (C=N–C) groups is 1. The Kier molecular flexibility index (Phi) is 5.57. The third kappa shape index (κ3) is 4.12. The van der Waals surface area contributed by atoms with E-state index < -0.39 is 0 Å². The van der Waals surface area contributed by atoms with E-state index in [1.54, 1.807) is 18.2 Å². The smallest absolute Gasteiger partial charge is 0.260 e. The summed E-state index contributed by atoms with van der Waals surface area (Å²) in [5.74, 6) is 1.02. The molecule has 8 heteroatoms. The van der Waals surface area contributed by atoms with Crippen LogP contribution in [0.15, 0.2) is 52.1 Å². The Morgan fingerprint density at radius 1 is 1.44 bits per heavy atom. The second kappa shape index (κ2) is 7.86. The highest BCUT2D eigenvalue weighted by Crippen LogP contribution is 2.31. The second-order valence-corrected chi connectivity index (χ2v) is 7.40. The average molecular weight is 391 g/mol. The molecule has 0 saturated heterocycles. The molecule has 2 heterocycles. The number of fused-ring (bicyclic) bond motifs is 1. The van der Waals surface area contributed by atoms with Crippen molar-refractivity contribution in [2.45, 2.75) is 5.75 Å². The summed E-state index contributed by atoms with van der Waals surface area (Å²) in [6, 6.07) is 7.39. The number of amidine groups is 1. The molecule has 0 aliphatic heterocycles. The van der Waals surface area contributed by atoms with E-state index in [-0.39, 0.29) is 5.56 Å². The first-order chi connectivity index (χ1) is 12.1. The number of aromatic amines is 1. The molecule has 0 unspecified atom stereocenters. The quantitative estimate of drug-likeness (QED) is 0.391. The minimum atomic E-state index is -0.159. The molecule has 0 aliphatic carbocycles. The Bertz CT molecular complexity index is 992. The van der Waals surface area contributed by atoms with Crippen molar-refractivity contribution in [3.8, 4) is 11.1 Å². The van der Waals surface area contributed by atoms with Gasteiger partial charge in [-0.3, -0.25) is 9.79 Å². The van der Waals surface area contributed by atoms with Crippen LogP contribution in [-0.2, 0) is 5.75 Å². The molecule has 128 valence electrons. The van der Waals surface area contributed by atoms with Crippen LogP contribution in [0, 0.1) is 0 Å². The van der Waals surface area contributed by atoms with Crippen molar-refractivity contribution in [3.05, 3.63) is 63.5 Å². The Morgan fingerprint density at radius 2 is 2.20 bits per heavy atom. The van der Waals surface area contributed by atoms with Crippen LogP contribution in [0.3, 0.4) is 0 Å². The summed E-state index contributed by atoms with van der Waals surface area (Å²) in [5, 5.41) is 3.63. The standard InChI is InChI=1S/C17H15ClN4OS2/c1-2-7-20-17(19)25-9-13-21-15(23)14-12(8-24-16(14)22-13)10-3-5-11(18)6-4-10/h2-6,8H,1,7,9H2,(H2,19,20)(H,21,22,23). The molecule has 0 saturated carbocycles. The molecule has 0 bridgehead atoms. The topological polar surface area (TPSA) is 84.1 Å². The van der Waals surface area contributed by atoms with Gasteiger partial charge in [0, 0.05) is 16.0 Å². The maximum Gasteiger partial charge on any atom is 0.260 e. The number of thioether (sulfide) groups is 1. The van der Waals surface area contributed by atoms with Crippen LogP contribution in [0.5, 0.6) is 0 Å². The van der Waals surface area contributed by atoms with Gasteiger partial charge in [-0.05, 0) is 17.7 Å². The number of hydrogen-bond donors (Lipinski definition) is 2. The minimum absolute atomic E-state index is 0.159. The van der Waals surface area contributed by atoms with Crippen molar-refractivity contribution in [1.82, 2.24) is 9.97 Å². The lowest BCUT2D eigenvalue weighted by molar-refractivity contribution is 1.05. The number of rotatable bonds is 5. The normalized spacial score (nSPS) is 11.8. The number of thiophene rings is 1. The van der Waals surface area contributed by atoms with E-state index >= 15 is 0 Å². The first-order valence-electron chi connectivity index (χ1n) is 7.38. The lowest BCUT2D eigenvalue weighted by atomic mass is 10.1. The number of nitrogens with one attached hydrogen (secondary N) is 1. The van der Waals surface area contributed by atoms with Crippen LogP contribution < -0.4 is 11.3 Å². The van der Waals surface area contributed by atoms with Crippen molar-refractivity contribution in [1.29, 1.82) is 0 Å². The fraction of sp³-hybridized carbons (Fsp3) is 0.118. The predicted octanol–water partition coefficient (Wildman–Crippen LogP) is 4.04. The van der Waals surface area contributed by atoms with Gasteiger partial charge in [0.25, 0.3) is 5.56 Å². The van der Waals surface area contributed by atoms with Crippen molar-refractivity contribution in [2.75, 3.05) is 6.54 Å². The van der Waals surface area contributed by atoms with Crippen molar-refractivity contribution >= 4 is 50.1 Å². The summed E-state index contributed by atoms with van der Waals surface area (Å²) >= 11 is 8.70. The number of hydrogen-bond acceptors (Lipinski definition) is 5. The van der Waals surface area contributed by atoms with Crippen LogP contribution in [0.2, 0.25) is 5.02 Å². The van der Waals surface area contributed by atoms with E-state index in [4.69, 9.17) is 17.3 Å². The summed E-state index contributed by atoms with van der Waals surface area (Å²) in [7, 11) is 0. The molecule has 2 aromatic heterocycles. The molecule has 0 aliphatic rings. The zero-order valence-corrected chi connectivity index (χ0v) is 15.5. The zero-order valence-electron chi connectivity index (χ0n) is 13.2. The van der Waals surface area contributed by atoms with Gasteiger partial charge in [-0.1, -0.05) is 41.6 Å². The molecular weight excluding hydrogens is 376 g/mol. The van der Waals surface area contributed by atoms with E-state index in [1.165, 1.54) is 23.1 Å². The molecule has 25 heavy (non-hydrogen) atoms. The molecule has 0 fully saturated rings. The van der Waals surface area contributed by atoms with E-state index in [0.29, 0.717) is 38.5 Å². The summed E-state index contributed by atoms with van der Waals surface area (Å²) in [6.45, 7) is 4.06. The third-order valence-electron chi connectivity index (χ3n) is 3.38. The summed E-state index contributed by atoms with van der Waals surface area (Å²) in [6.07, 6.45) is 1.67. The molecule has 1 aromatic carbocycles. The van der Waals surface area contributed by atoms with Gasteiger partial charge in [-0.25, -0.2) is 4.98 Å². The minimum Gasteiger partial charge on any atom is -0.379 e. The molecule has 0 amide bonds. The van der Waals surface area contributed by atoms with E-state index in [0.717, 1.165) is 11.1 Å². The summed E-state index contributed by atoms with van der Waals surface area (Å²) in [4.78, 5) is 24.7. The molecule has 3 N–H and O–H groups in total. The van der Waals surface area contributed by atoms with E-state index in [9.17, 15) is 4.79 Å². The highest BCUT2D eigenvalue weighted by Gasteiger charge is 2.13. The molecule has 0 atom stereocenters. The van der Waals surface area contributed by atoms with Gasteiger partial charge >= 0.3 is 0 Å². The number of benzene rings is 1. The Labute approximate surface area is 157 Å². The Hall–Kier alpha value is -2.09. The van der Waals surface area contributed by atoms with Crippen molar-refractivity contribution in [2.24, 2.45) is 10.7 Å². The highest BCUT2D eigenvalue weighted by atomic mass is 35.5. The van der Waals surface area contributed by atoms with E-state index in [2.05, 4.69) is 21.5 Å². The van der Waals surface area contributed by atoms with Gasteiger partial charge in [-0.2, -0.15) is 0 Å². The predicted molar refractivity (Wildman–Crippen MR) is 109 cm³/mol. The Morgan fingerprint density at radius 3 is 2.92 bits per heavy atom. The maximum atomic E-state index is 12.5. The number of H-pyrrole nitrogens is 1. The summed E-state index contributed by atoms with van der Waals surface area (Å²) in [5.41, 5.74) is 7.42. The van der Waals surface area contributed by atoms with Crippen LogP contribution in [0.1, 0.15) is 5.82 Å². The monoisotopic (exact) mass is 390 g/mol. The zero-order chi connectivity index (χ0) is 17.8. The van der Waals surface area contributed by atoms with E-state index in [1.807, 2.05) is 17.5 Å². The third-order valence-corrected chi connectivity index (χ3v) is 5.35. The number of halogens is 1. The highest BCUT2D eigenvalue weighted by molar-refractivity contribution is 8.13. The first-order valence-corrected chi connectivity index (χ1v) is 9.62. The SMILES string of the molecule is C=CCN=C(N)SCc1nc2scc(-c3ccc(Cl)cc3)c2c(=O)[nH]1. The molecule has 0 spiro atoms. The maximum absolute atomic E-state index is 12.5. The second-order valence-electron chi connectivity index (χ2n) is 5.11. The van der Waals surface area contributed by atoms with Crippen molar-refractivity contribution < 1.29 is 0 Å². The van der Waals surface area contributed by atoms with Gasteiger partial charge in [0.2, 0.25) is 0 Å².